The number of piperidine rings is 1. The minimum Gasteiger partial charge on any atom is -0.341 e. The van der Waals surface area contributed by atoms with Crippen LogP contribution in [0.4, 0.5) is 5.95 Å². The van der Waals surface area contributed by atoms with Crippen molar-refractivity contribution in [2.45, 2.75) is 51.9 Å². The number of aryl methyl sites for hydroxylation is 2. The van der Waals surface area contributed by atoms with Crippen LogP contribution in [0.1, 0.15) is 49.1 Å². The van der Waals surface area contributed by atoms with E-state index in [9.17, 15) is 0 Å². The zero-order valence-corrected chi connectivity index (χ0v) is 12.6. The molecule has 2 heterocycles. The van der Waals surface area contributed by atoms with Crippen molar-refractivity contribution in [1.29, 1.82) is 0 Å². The molecule has 0 saturated carbocycles. The predicted octanol–water partition coefficient (Wildman–Crippen LogP) is 2.23. The topological polar surface area (TPSA) is 55.0 Å². The molecule has 1 fully saturated rings. The van der Waals surface area contributed by atoms with Gasteiger partial charge in [0.1, 0.15) is 0 Å². The van der Waals surface area contributed by atoms with Gasteiger partial charge >= 0.3 is 0 Å². The molecule has 20 heavy (non-hydrogen) atoms. The van der Waals surface area contributed by atoms with E-state index in [1.54, 1.807) is 0 Å². The van der Waals surface area contributed by atoms with Crippen molar-refractivity contribution < 1.29 is 0 Å². The fourth-order valence-electron chi connectivity index (χ4n) is 3.45. The molecular formula is C16H26N4. The normalized spacial score (nSPS) is 20.6. The Morgan fingerprint density at radius 3 is 2.60 bits per heavy atom. The lowest BCUT2D eigenvalue weighted by atomic mass is 9.97. The SMILES string of the molecule is Cc1nc(N2CCC(CN)CC2)nc2c1CCCCC2. The zero-order chi connectivity index (χ0) is 13.9. The number of nitrogens with zero attached hydrogens (tertiary/aromatic N) is 3. The van der Waals surface area contributed by atoms with Crippen molar-refractivity contribution >= 4 is 5.95 Å². The molecule has 2 aliphatic rings. The number of nitrogens with two attached hydrogens (primary N) is 1. The third kappa shape index (κ3) is 2.80. The van der Waals surface area contributed by atoms with Crippen LogP contribution >= 0.6 is 0 Å². The monoisotopic (exact) mass is 274 g/mol. The average Bonchev–Trinajstić information content (AvgIpc) is 2.73. The van der Waals surface area contributed by atoms with E-state index >= 15 is 0 Å². The molecule has 1 aliphatic carbocycles. The second-order valence-electron chi connectivity index (χ2n) is 6.26. The Morgan fingerprint density at radius 1 is 1.10 bits per heavy atom. The molecular weight excluding hydrogens is 248 g/mol. The Morgan fingerprint density at radius 2 is 1.85 bits per heavy atom. The highest BCUT2D eigenvalue weighted by atomic mass is 15.3. The van der Waals surface area contributed by atoms with Crippen molar-refractivity contribution in [3.8, 4) is 0 Å². The highest BCUT2D eigenvalue weighted by Crippen LogP contribution is 2.25. The number of rotatable bonds is 2. The fourth-order valence-corrected chi connectivity index (χ4v) is 3.45. The van der Waals surface area contributed by atoms with Gasteiger partial charge in [-0.15, -0.1) is 0 Å². The smallest absolute Gasteiger partial charge is 0.225 e. The Kier molecular flexibility index (Phi) is 4.20. The summed E-state index contributed by atoms with van der Waals surface area (Å²) in [4.78, 5) is 12.0. The summed E-state index contributed by atoms with van der Waals surface area (Å²) in [5, 5.41) is 0. The van der Waals surface area contributed by atoms with Crippen LogP contribution < -0.4 is 10.6 Å². The minimum absolute atomic E-state index is 0.688. The van der Waals surface area contributed by atoms with Gasteiger partial charge in [-0.2, -0.15) is 0 Å². The van der Waals surface area contributed by atoms with Crippen molar-refractivity contribution in [1.82, 2.24) is 9.97 Å². The molecule has 1 aromatic heterocycles. The van der Waals surface area contributed by atoms with E-state index in [0.717, 1.165) is 38.4 Å². The molecule has 3 rings (SSSR count). The maximum Gasteiger partial charge on any atom is 0.225 e. The molecule has 0 bridgehead atoms. The molecule has 4 nitrogen and oxygen atoms in total. The molecule has 110 valence electrons. The number of hydrogen-bond donors (Lipinski definition) is 1. The van der Waals surface area contributed by atoms with E-state index in [4.69, 9.17) is 15.7 Å². The Bertz CT molecular complexity index is 464. The summed E-state index contributed by atoms with van der Waals surface area (Å²) < 4.78 is 0. The van der Waals surface area contributed by atoms with Gasteiger partial charge < -0.3 is 10.6 Å². The van der Waals surface area contributed by atoms with Crippen LogP contribution in [0.5, 0.6) is 0 Å². The van der Waals surface area contributed by atoms with Gasteiger partial charge in [0, 0.05) is 24.5 Å². The van der Waals surface area contributed by atoms with Gasteiger partial charge in [-0.05, 0) is 63.5 Å². The van der Waals surface area contributed by atoms with Crippen molar-refractivity contribution in [3.63, 3.8) is 0 Å². The van der Waals surface area contributed by atoms with Gasteiger partial charge in [0.15, 0.2) is 0 Å². The summed E-state index contributed by atoms with van der Waals surface area (Å²) in [6.45, 7) is 5.08. The van der Waals surface area contributed by atoms with Crippen LogP contribution in [0, 0.1) is 12.8 Å². The highest BCUT2D eigenvalue weighted by molar-refractivity contribution is 5.38. The number of fused-ring (bicyclic) bond motifs is 1. The highest BCUT2D eigenvalue weighted by Gasteiger charge is 2.22. The van der Waals surface area contributed by atoms with Crippen LogP contribution in [-0.4, -0.2) is 29.6 Å². The fraction of sp³-hybridized carbons (Fsp3) is 0.750. The second-order valence-corrected chi connectivity index (χ2v) is 6.26. The summed E-state index contributed by atoms with van der Waals surface area (Å²) in [6, 6.07) is 0. The molecule has 1 saturated heterocycles. The van der Waals surface area contributed by atoms with E-state index in [-0.39, 0.29) is 0 Å². The molecule has 0 aromatic carbocycles. The lowest BCUT2D eigenvalue weighted by Crippen LogP contribution is -2.37. The first-order chi connectivity index (χ1) is 9.78. The third-order valence-electron chi connectivity index (χ3n) is 4.86. The summed E-state index contributed by atoms with van der Waals surface area (Å²) >= 11 is 0. The first-order valence-corrected chi connectivity index (χ1v) is 8.09. The third-order valence-corrected chi connectivity index (χ3v) is 4.86. The first-order valence-electron chi connectivity index (χ1n) is 8.09. The van der Waals surface area contributed by atoms with Crippen molar-refractivity contribution in [3.05, 3.63) is 17.0 Å². The Labute approximate surface area is 121 Å². The predicted molar refractivity (Wildman–Crippen MR) is 82.0 cm³/mol. The number of hydrogen-bond acceptors (Lipinski definition) is 4. The number of anilines is 1. The van der Waals surface area contributed by atoms with Crippen LogP contribution in [-0.2, 0) is 12.8 Å². The molecule has 0 radical (unpaired) electrons. The average molecular weight is 274 g/mol. The van der Waals surface area contributed by atoms with E-state index in [1.165, 1.54) is 49.1 Å². The molecule has 0 atom stereocenters. The zero-order valence-electron chi connectivity index (χ0n) is 12.6. The van der Waals surface area contributed by atoms with Crippen LogP contribution in [0.3, 0.4) is 0 Å². The van der Waals surface area contributed by atoms with Crippen LogP contribution in [0.2, 0.25) is 0 Å². The van der Waals surface area contributed by atoms with Crippen LogP contribution in [0.15, 0.2) is 0 Å². The van der Waals surface area contributed by atoms with Crippen LogP contribution in [0.25, 0.3) is 0 Å². The summed E-state index contributed by atoms with van der Waals surface area (Å²) in [6.07, 6.45) is 8.54. The quantitative estimate of drug-likeness (QED) is 0.840. The molecule has 2 N–H and O–H groups in total. The van der Waals surface area contributed by atoms with Gasteiger partial charge in [0.25, 0.3) is 0 Å². The standard InChI is InChI=1S/C16H26N4/c1-12-14-5-3-2-4-6-15(14)19-16(18-12)20-9-7-13(11-17)8-10-20/h13H,2-11,17H2,1H3. The largest absolute Gasteiger partial charge is 0.341 e. The lowest BCUT2D eigenvalue weighted by Gasteiger charge is -2.32. The van der Waals surface area contributed by atoms with E-state index in [2.05, 4.69) is 11.8 Å². The van der Waals surface area contributed by atoms with Gasteiger partial charge in [0.2, 0.25) is 5.95 Å². The summed E-state index contributed by atoms with van der Waals surface area (Å²) in [5.41, 5.74) is 9.70. The van der Waals surface area contributed by atoms with E-state index in [0.29, 0.717) is 5.92 Å². The molecule has 0 amide bonds. The van der Waals surface area contributed by atoms with E-state index < -0.39 is 0 Å². The maximum atomic E-state index is 5.77. The van der Waals surface area contributed by atoms with Crippen molar-refractivity contribution in [2.75, 3.05) is 24.5 Å². The molecule has 4 heteroatoms. The Balaban J connectivity index is 1.81. The minimum atomic E-state index is 0.688. The maximum absolute atomic E-state index is 5.77. The first kappa shape index (κ1) is 13.8. The summed E-state index contributed by atoms with van der Waals surface area (Å²) in [7, 11) is 0. The van der Waals surface area contributed by atoms with Gasteiger partial charge in [0.05, 0.1) is 0 Å². The second kappa shape index (κ2) is 6.08. The molecule has 0 spiro atoms. The lowest BCUT2D eigenvalue weighted by molar-refractivity contribution is 0.411. The number of aromatic nitrogens is 2. The van der Waals surface area contributed by atoms with Crippen molar-refractivity contribution in [2.24, 2.45) is 11.7 Å². The van der Waals surface area contributed by atoms with E-state index in [1.807, 2.05) is 0 Å². The molecule has 0 unspecified atom stereocenters. The van der Waals surface area contributed by atoms with Gasteiger partial charge in [-0.25, -0.2) is 9.97 Å². The van der Waals surface area contributed by atoms with Gasteiger partial charge in [-0.1, -0.05) is 6.42 Å². The Hall–Kier alpha value is -1.16. The van der Waals surface area contributed by atoms with Gasteiger partial charge in [-0.3, -0.25) is 0 Å². The molecule has 1 aliphatic heterocycles. The summed E-state index contributed by atoms with van der Waals surface area (Å²) in [5.74, 6) is 1.65. The molecule has 1 aromatic rings.